The summed E-state index contributed by atoms with van der Waals surface area (Å²) in [5.41, 5.74) is 2.93. The summed E-state index contributed by atoms with van der Waals surface area (Å²) in [6, 6.07) is 0. The monoisotopic (exact) mass is 237 g/mol. The zero-order valence-electron chi connectivity index (χ0n) is 12.3. The van der Waals surface area contributed by atoms with Gasteiger partial charge in [-0.25, -0.2) is 0 Å². The molecule has 1 amide bonds. The van der Waals surface area contributed by atoms with Crippen LogP contribution in [0.5, 0.6) is 0 Å². The molecule has 17 heavy (non-hydrogen) atoms. The van der Waals surface area contributed by atoms with Crippen molar-refractivity contribution in [1.29, 1.82) is 0 Å². The Bertz CT molecular complexity index is 326. The second kappa shape index (κ2) is 5.24. The van der Waals surface area contributed by atoms with Crippen LogP contribution in [0, 0.1) is 11.3 Å². The van der Waals surface area contributed by atoms with E-state index < -0.39 is 0 Å². The topological polar surface area (TPSA) is 20.3 Å². The van der Waals surface area contributed by atoms with Crippen LogP contribution in [0.25, 0.3) is 0 Å². The fourth-order valence-electron chi connectivity index (χ4n) is 2.59. The molecule has 1 aliphatic carbocycles. The van der Waals surface area contributed by atoms with Crippen LogP contribution in [0.4, 0.5) is 0 Å². The second-order valence-corrected chi connectivity index (χ2v) is 6.33. The molecule has 0 unspecified atom stereocenters. The number of carbonyl (C=O) groups is 1. The lowest BCUT2D eigenvalue weighted by Gasteiger charge is -2.38. The Hall–Kier alpha value is -0.790. The highest BCUT2D eigenvalue weighted by Crippen LogP contribution is 2.41. The molecule has 0 saturated heterocycles. The quantitative estimate of drug-likeness (QED) is 0.727. The van der Waals surface area contributed by atoms with Gasteiger partial charge in [0.1, 0.15) is 0 Å². The van der Waals surface area contributed by atoms with Crippen molar-refractivity contribution in [3.05, 3.63) is 11.3 Å². The molecule has 2 heteroatoms. The minimum atomic E-state index is 0.186. The summed E-state index contributed by atoms with van der Waals surface area (Å²) < 4.78 is 0. The molecule has 0 fully saturated rings. The molecule has 0 spiro atoms. The summed E-state index contributed by atoms with van der Waals surface area (Å²) in [7, 11) is 0. The maximum atomic E-state index is 11.8. The molecule has 1 rings (SSSR count). The summed E-state index contributed by atoms with van der Waals surface area (Å²) in [4.78, 5) is 13.8. The van der Waals surface area contributed by atoms with E-state index in [4.69, 9.17) is 0 Å². The molecule has 1 aliphatic rings. The van der Waals surface area contributed by atoms with Gasteiger partial charge in [0, 0.05) is 19.2 Å². The van der Waals surface area contributed by atoms with Crippen molar-refractivity contribution in [1.82, 2.24) is 4.90 Å². The van der Waals surface area contributed by atoms with E-state index in [1.165, 1.54) is 24.1 Å². The summed E-state index contributed by atoms with van der Waals surface area (Å²) in [5.74, 6) is 0.704. The molecule has 0 aliphatic heterocycles. The number of hydrogen-bond donors (Lipinski definition) is 0. The maximum Gasteiger partial charge on any atom is 0.223 e. The highest BCUT2D eigenvalue weighted by Gasteiger charge is 2.30. The van der Waals surface area contributed by atoms with E-state index in [1.807, 2.05) is 4.90 Å². The van der Waals surface area contributed by atoms with Gasteiger partial charge in [0.05, 0.1) is 0 Å². The largest absolute Gasteiger partial charge is 0.316 e. The maximum absolute atomic E-state index is 11.8. The highest BCUT2D eigenvalue weighted by atomic mass is 16.2. The van der Waals surface area contributed by atoms with E-state index >= 15 is 0 Å². The summed E-state index contributed by atoms with van der Waals surface area (Å²) in [6.45, 7) is 13.6. The van der Waals surface area contributed by atoms with Crippen LogP contribution in [-0.2, 0) is 4.79 Å². The molecule has 0 bridgehead atoms. The van der Waals surface area contributed by atoms with Gasteiger partial charge in [0.25, 0.3) is 0 Å². The Balaban J connectivity index is 3.05. The van der Waals surface area contributed by atoms with Gasteiger partial charge >= 0.3 is 0 Å². The van der Waals surface area contributed by atoms with E-state index in [1.54, 1.807) is 6.92 Å². The standard InChI is InChI=1S/C15H27NO/c1-11(2)10-16(13(4)17)14-8-7-9-15(5,6)12(14)3/h11H,7-10H2,1-6H3. The van der Waals surface area contributed by atoms with Gasteiger partial charge in [-0.3, -0.25) is 4.79 Å². The molecular weight excluding hydrogens is 210 g/mol. The zero-order chi connectivity index (χ0) is 13.2. The summed E-state index contributed by atoms with van der Waals surface area (Å²) >= 11 is 0. The number of allylic oxidation sites excluding steroid dienone is 2. The minimum Gasteiger partial charge on any atom is -0.316 e. The predicted molar refractivity (Wildman–Crippen MR) is 72.6 cm³/mol. The predicted octanol–water partition coefficient (Wildman–Crippen LogP) is 3.98. The first-order chi connectivity index (χ1) is 7.75. The van der Waals surface area contributed by atoms with Gasteiger partial charge in [-0.2, -0.15) is 0 Å². The van der Waals surface area contributed by atoms with E-state index in [9.17, 15) is 4.79 Å². The molecule has 0 aromatic carbocycles. The molecule has 0 saturated carbocycles. The Kier molecular flexibility index (Phi) is 4.40. The highest BCUT2D eigenvalue weighted by molar-refractivity contribution is 5.75. The van der Waals surface area contributed by atoms with Crippen LogP contribution in [0.3, 0.4) is 0 Å². The first-order valence-electron chi connectivity index (χ1n) is 6.74. The smallest absolute Gasteiger partial charge is 0.223 e. The number of rotatable bonds is 3. The third-order valence-corrected chi connectivity index (χ3v) is 3.92. The average molecular weight is 237 g/mol. The van der Waals surface area contributed by atoms with Crippen molar-refractivity contribution in [3.8, 4) is 0 Å². The Morgan fingerprint density at radius 2 is 2.00 bits per heavy atom. The van der Waals surface area contributed by atoms with Crippen LogP contribution in [0.1, 0.15) is 60.8 Å². The molecule has 98 valence electrons. The average Bonchev–Trinajstić information content (AvgIpc) is 2.18. The van der Waals surface area contributed by atoms with E-state index in [0.717, 1.165) is 13.0 Å². The Labute approximate surface area is 106 Å². The van der Waals surface area contributed by atoms with Crippen LogP contribution >= 0.6 is 0 Å². The minimum absolute atomic E-state index is 0.186. The Morgan fingerprint density at radius 1 is 1.41 bits per heavy atom. The molecule has 2 nitrogen and oxygen atoms in total. The fourth-order valence-corrected chi connectivity index (χ4v) is 2.59. The molecule has 0 N–H and O–H groups in total. The van der Waals surface area contributed by atoms with Crippen LogP contribution in [0.15, 0.2) is 11.3 Å². The lowest BCUT2D eigenvalue weighted by molar-refractivity contribution is -0.127. The van der Waals surface area contributed by atoms with Crippen LogP contribution < -0.4 is 0 Å². The van der Waals surface area contributed by atoms with E-state index in [0.29, 0.717) is 5.92 Å². The van der Waals surface area contributed by atoms with Gasteiger partial charge < -0.3 is 4.90 Å². The molecule has 0 atom stereocenters. The second-order valence-electron chi connectivity index (χ2n) is 6.33. The van der Waals surface area contributed by atoms with Gasteiger partial charge in [-0.15, -0.1) is 0 Å². The first-order valence-corrected chi connectivity index (χ1v) is 6.74. The van der Waals surface area contributed by atoms with Gasteiger partial charge in [0.2, 0.25) is 5.91 Å². The lowest BCUT2D eigenvalue weighted by Crippen LogP contribution is -2.35. The van der Waals surface area contributed by atoms with E-state index in [2.05, 4.69) is 34.6 Å². The first kappa shape index (κ1) is 14.3. The van der Waals surface area contributed by atoms with Crippen molar-refractivity contribution in [3.63, 3.8) is 0 Å². The van der Waals surface area contributed by atoms with Crippen molar-refractivity contribution in [2.75, 3.05) is 6.54 Å². The van der Waals surface area contributed by atoms with Crippen molar-refractivity contribution >= 4 is 5.91 Å². The van der Waals surface area contributed by atoms with Gasteiger partial charge in [-0.1, -0.05) is 27.7 Å². The number of amides is 1. The fraction of sp³-hybridized carbons (Fsp3) is 0.800. The third kappa shape index (κ3) is 3.34. The number of nitrogens with zero attached hydrogens (tertiary/aromatic N) is 1. The van der Waals surface area contributed by atoms with Gasteiger partial charge in [-0.05, 0) is 43.1 Å². The van der Waals surface area contributed by atoms with Crippen molar-refractivity contribution in [2.45, 2.75) is 60.8 Å². The molecule has 0 aromatic rings. The molecule has 0 radical (unpaired) electrons. The van der Waals surface area contributed by atoms with Crippen molar-refractivity contribution < 1.29 is 4.79 Å². The van der Waals surface area contributed by atoms with Gasteiger partial charge in [0.15, 0.2) is 0 Å². The normalized spacial score (nSPS) is 19.7. The summed E-state index contributed by atoms with van der Waals surface area (Å²) in [6.07, 6.45) is 3.48. The Morgan fingerprint density at radius 3 is 2.47 bits per heavy atom. The van der Waals surface area contributed by atoms with Crippen LogP contribution in [0.2, 0.25) is 0 Å². The molecular formula is C15H27NO. The number of hydrogen-bond acceptors (Lipinski definition) is 1. The zero-order valence-corrected chi connectivity index (χ0v) is 12.3. The number of carbonyl (C=O) groups excluding carboxylic acids is 1. The molecule has 0 heterocycles. The summed E-state index contributed by atoms with van der Waals surface area (Å²) in [5, 5.41) is 0. The third-order valence-electron chi connectivity index (χ3n) is 3.92. The van der Waals surface area contributed by atoms with E-state index in [-0.39, 0.29) is 11.3 Å². The van der Waals surface area contributed by atoms with Crippen LogP contribution in [-0.4, -0.2) is 17.4 Å². The molecule has 0 aromatic heterocycles. The SMILES string of the molecule is CC(=O)N(CC(C)C)C1=C(C)C(C)(C)CCC1. The van der Waals surface area contributed by atoms with Crippen molar-refractivity contribution in [2.24, 2.45) is 11.3 Å². The lowest BCUT2D eigenvalue weighted by atomic mass is 9.74.